The Balaban J connectivity index is 1.74. The fourth-order valence-electron chi connectivity index (χ4n) is 2.80. The minimum absolute atomic E-state index is 0.691. The Morgan fingerprint density at radius 1 is 1.04 bits per heavy atom. The third-order valence-electron chi connectivity index (χ3n) is 4.19. The van der Waals surface area contributed by atoms with Crippen LogP contribution in [0.25, 0.3) is 0 Å². The van der Waals surface area contributed by atoms with Crippen molar-refractivity contribution in [1.82, 2.24) is 9.97 Å². The predicted octanol–water partition coefficient (Wildman–Crippen LogP) is 4.56. The molecule has 5 nitrogen and oxygen atoms in total. The zero-order chi connectivity index (χ0) is 18.4. The van der Waals surface area contributed by atoms with Crippen molar-refractivity contribution in [3.05, 3.63) is 72.1 Å². The van der Waals surface area contributed by atoms with Crippen LogP contribution in [0.15, 0.2) is 60.9 Å². The van der Waals surface area contributed by atoms with Crippen LogP contribution >= 0.6 is 0 Å². The molecular weight excluding hydrogens is 324 g/mol. The lowest BCUT2D eigenvalue weighted by molar-refractivity contribution is 0.414. The van der Waals surface area contributed by atoms with E-state index in [0.29, 0.717) is 6.54 Å². The molecule has 0 saturated heterocycles. The zero-order valence-electron chi connectivity index (χ0n) is 15.4. The van der Waals surface area contributed by atoms with Gasteiger partial charge in [-0.05, 0) is 49.2 Å². The molecule has 0 atom stereocenters. The number of hydrogen-bond acceptors (Lipinski definition) is 5. The van der Waals surface area contributed by atoms with Gasteiger partial charge in [-0.15, -0.1) is 0 Å². The van der Waals surface area contributed by atoms with E-state index in [0.717, 1.165) is 35.2 Å². The smallest absolute Gasteiger partial charge is 0.138 e. The number of hydrogen-bond donors (Lipinski definition) is 1. The van der Waals surface area contributed by atoms with Crippen molar-refractivity contribution in [2.75, 3.05) is 23.9 Å². The molecular formula is C21H24N4O. The summed E-state index contributed by atoms with van der Waals surface area (Å²) < 4.78 is 5.19. The first-order valence-corrected chi connectivity index (χ1v) is 8.72. The van der Waals surface area contributed by atoms with Gasteiger partial charge in [-0.1, -0.05) is 24.3 Å². The number of anilines is 3. The summed E-state index contributed by atoms with van der Waals surface area (Å²) >= 11 is 0. The molecule has 5 heteroatoms. The number of nitrogens with one attached hydrogen (secondary N) is 1. The fraction of sp³-hybridized carbons (Fsp3) is 0.238. The van der Waals surface area contributed by atoms with Crippen molar-refractivity contribution in [3.8, 4) is 5.75 Å². The van der Waals surface area contributed by atoms with Gasteiger partial charge in [-0.2, -0.15) is 0 Å². The standard InChI is InChI=1S/C21H24N4O/c1-4-25(18-7-5-6-16(2)12-18)21-13-20(23-15-24-21)22-14-17-8-10-19(26-3)11-9-17/h5-13,15H,4,14H2,1-3H3,(H,22,23,24). The van der Waals surface area contributed by atoms with Crippen LogP contribution in [0.3, 0.4) is 0 Å². The van der Waals surface area contributed by atoms with Crippen molar-refractivity contribution < 1.29 is 4.74 Å². The summed E-state index contributed by atoms with van der Waals surface area (Å²) in [5.74, 6) is 2.54. The summed E-state index contributed by atoms with van der Waals surface area (Å²) in [6.45, 7) is 5.74. The molecule has 134 valence electrons. The van der Waals surface area contributed by atoms with Gasteiger partial charge in [0, 0.05) is 24.8 Å². The van der Waals surface area contributed by atoms with Crippen LogP contribution in [0.1, 0.15) is 18.1 Å². The largest absolute Gasteiger partial charge is 0.497 e. The average molecular weight is 348 g/mol. The SMILES string of the molecule is CCN(c1cccc(C)c1)c1cc(NCc2ccc(OC)cc2)ncn1. The summed E-state index contributed by atoms with van der Waals surface area (Å²) in [5, 5.41) is 3.36. The number of methoxy groups -OCH3 is 1. The number of rotatable bonds is 7. The molecule has 1 N–H and O–H groups in total. The van der Waals surface area contributed by atoms with Crippen molar-refractivity contribution in [1.29, 1.82) is 0 Å². The van der Waals surface area contributed by atoms with E-state index < -0.39 is 0 Å². The molecule has 0 saturated carbocycles. The Hall–Kier alpha value is -3.08. The molecule has 0 aliphatic heterocycles. The van der Waals surface area contributed by atoms with Crippen molar-refractivity contribution in [2.24, 2.45) is 0 Å². The van der Waals surface area contributed by atoms with E-state index in [1.165, 1.54) is 5.56 Å². The number of ether oxygens (including phenoxy) is 1. The molecule has 0 aliphatic carbocycles. The third kappa shape index (κ3) is 4.30. The Morgan fingerprint density at radius 3 is 2.54 bits per heavy atom. The van der Waals surface area contributed by atoms with Gasteiger partial charge in [-0.3, -0.25) is 0 Å². The molecule has 1 aromatic heterocycles. The number of nitrogens with zero attached hydrogens (tertiary/aromatic N) is 3. The average Bonchev–Trinajstić information content (AvgIpc) is 2.68. The molecule has 0 unspecified atom stereocenters. The van der Waals surface area contributed by atoms with E-state index in [1.54, 1.807) is 13.4 Å². The van der Waals surface area contributed by atoms with E-state index in [2.05, 4.69) is 58.3 Å². The highest BCUT2D eigenvalue weighted by Gasteiger charge is 2.10. The van der Waals surface area contributed by atoms with Crippen molar-refractivity contribution in [3.63, 3.8) is 0 Å². The van der Waals surface area contributed by atoms with Crippen LogP contribution in [-0.2, 0) is 6.54 Å². The molecule has 0 fully saturated rings. The first kappa shape index (κ1) is 17.7. The van der Waals surface area contributed by atoms with Gasteiger partial charge < -0.3 is 15.0 Å². The first-order chi connectivity index (χ1) is 12.7. The number of aryl methyl sites for hydroxylation is 1. The monoisotopic (exact) mass is 348 g/mol. The Bertz CT molecular complexity index is 849. The maximum Gasteiger partial charge on any atom is 0.138 e. The highest BCUT2D eigenvalue weighted by molar-refractivity contribution is 5.62. The maximum atomic E-state index is 5.19. The third-order valence-corrected chi connectivity index (χ3v) is 4.19. The van der Waals surface area contributed by atoms with Gasteiger partial charge in [-0.25, -0.2) is 9.97 Å². The summed E-state index contributed by atoms with van der Waals surface area (Å²) in [6.07, 6.45) is 1.60. The van der Waals surface area contributed by atoms with Crippen molar-refractivity contribution >= 4 is 17.3 Å². The molecule has 0 bridgehead atoms. The second kappa shape index (κ2) is 8.34. The normalized spacial score (nSPS) is 10.4. The van der Waals surface area contributed by atoms with Gasteiger partial charge in [0.15, 0.2) is 0 Å². The highest BCUT2D eigenvalue weighted by atomic mass is 16.5. The quantitative estimate of drug-likeness (QED) is 0.678. The van der Waals surface area contributed by atoms with Crippen LogP contribution < -0.4 is 15.0 Å². The van der Waals surface area contributed by atoms with E-state index in [9.17, 15) is 0 Å². The second-order valence-corrected chi connectivity index (χ2v) is 6.05. The number of benzene rings is 2. The minimum Gasteiger partial charge on any atom is -0.497 e. The maximum absolute atomic E-state index is 5.19. The van der Waals surface area contributed by atoms with Crippen LogP contribution in [0.5, 0.6) is 5.75 Å². The minimum atomic E-state index is 0.691. The molecule has 26 heavy (non-hydrogen) atoms. The van der Waals surface area contributed by atoms with Crippen molar-refractivity contribution in [2.45, 2.75) is 20.4 Å². The summed E-state index contributed by atoms with van der Waals surface area (Å²) in [7, 11) is 1.67. The van der Waals surface area contributed by atoms with Gasteiger partial charge >= 0.3 is 0 Å². The zero-order valence-corrected chi connectivity index (χ0v) is 15.4. The lowest BCUT2D eigenvalue weighted by Crippen LogP contribution is -2.18. The van der Waals surface area contributed by atoms with Gasteiger partial charge in [0.25, 0.3) is 0 Å². The van der Waals surface area contributed by atoms with E-state index in [-0.39, 0.29) is 0 Å². The van der Waals surface area contributed by atoms with Crippen LogP contribution in [-0.4, -0.2) is 23.6 Å². The van der Waals surface area contributed by atoms with Gasteiger partial charge in [0.05, 0.1) is 7.11 Å². The van der Waals surface area contributed by atoms with E-state index in [1.807, 2.05) is 30.3 Å². The topological polar surface area (TPSA) is 50.3 Å². The first-order valence-electron chi connectivity index (χ1n) is 8.72. The van der Waals surface area contributed by atoms with Crippen LogP contribution in [0.2, 0.25) is 0 Å². The molecule has 0 amide bonds. The number of aromatic nitrogens is 2. The lowest BCUT2D eigenvalue weighted by Gasteiger charge is -2.22. The van der Waals surface area contributed by atoms with Gasteiger partial charge in [0.1, 0.15) is 23.7 Å². The Morgan fingerprint density at radius 2 is 1.85 bits per heavy atom. The van der Waals surface area contributed by atoms with Gasteiger partial charge in [0.2, 0.25) is 0 Å². The molecule has 0 aliphatic rings. The molecule has 3 rings (SSSR count). The molecule has 0 radical (unpaired) electrons. The van der Waals surface area contributed by atoms with E-state index in [4.69, 9.17) is 4.74 Å². The molecule has 0 spiro atoms. The van der Waals surface area contributed by atoms with Crippen LogP contribution in [0.4, 0.5) is 17.3 Å². The fourth-order valence-corrected chi connectivity index (χ4v) is 2.80. The lowest BCUT2D eigenvalue weighted by atomic mass is 10.2. The Kier molecular flexibility index (Phi) is 5.69. The predicted molar refractivity (Wildman–Crippen MR) is 106 cm³/mol. The molecule has 2 aromatic carbocycles. The summed E-state index contributed by atoms with van der Waals surface area (Å²) in [6, 6.07) is 18.4. The summed E-state index contributed by atoms with van der Waals surface area (Å²) in [4.78, 5) is 11.0. The highest BCUT2D eigenvalue weighted by Crippen LogP contribution is 2.25. The second-order valence-electron chi connectivity index (χ2n) is 6.05. The molecule has 3 aromatic rings. The summed E-state index contributed by atoms with van der Waals surface area (Å²) in [5.41, 5.74) is 3.53. The van der Waals surface area contributed by atoms with E-state index >= 15 is 0 Å². The Labute approximate surface area is 154 Å². The van der Waals surface area contributed by atoms with Crippen LogP contribution in [0, 0.1) is 6.92 Å². The molecule has 1 heterocycles.